The summed E-state index contributed by atoms with van der Waals surface area (Å²) < 4.78 is 39.7. The lowest BCUT2D eigenvalue weighted by atomic mass is 9.74. The number of carbonyl (C=O) groups excluding carboxylic acids is 1. The molecule has 1 aliphatic carbocycles. The molecule has 196 valence electrons. The van der Waals surface area contributed by atoms with Crippen LogP contribution in [0.25, 0.3) is 0 Å². The topological polar surface area (TPSA) is 77.0 Å². The van der Waals surface area contributed by atoms with Crippen LogP contribution in [-0.2, 0) is 11.0 Å². The zero-order valence-electron chi connectivity index (χ0n) is 21.4. The van der Waals surface area contributed by atoms with Crippen molar-refractivity contribution in [3.63, 3.8) is 0 Å². The van der Waals surface area contributed by atoms with Crippen molar-refractivity contribution in [1.29, 1.82) is 0 Å². The van der Waals surface area contributed by atoms with Crippen molar-refractivity contribution in [2.75, 3.05) is 31.1 Å². The maximum absolute atomic E-state index is 13.8. The Bertz CT molecular complexity index is 952. The summed E-state index contributed by atoms with van der Waals surface area (Å²) in [6.45, 7) is 12.7. The molecule has 0 spiro atoms. The standard InChI is InChI=1S/C25H37F3N4O3/c1-16(2)24(8-7-19(15-24)32(22(34)35)23(4,5)6)21(33)31-11-9-30(10-12-31)20-14-18(25(26,27)28)13-17(3)29-20/h13-14,16,19H,7-12,15H2,1-6H3,(H,34,35)/t19-,24+/m1/s1. The van der Waals surface area contributed by atoms with Gasteiger partial charge in [0, 0.05) is 43.5 Å². The predicted molar refractivity (Wildman–Crippen MR) is 127 cm³/mol. The second-order valence-electron chi connectivity index (χ2n) is 11.2. The fraction of sp³-hybridized carbons (Fsp3) is 0.720. The van der Waals surface area contributed by atoms with Crippen molar-refractivity contribution < 1.29 is 27.9 Å². The smallest absolute Gasteiger partial charge is 0.416 e. The Morgan fingerprint density at radius 2 is 1.74 bits per heavy atom. The van der Waals surface area contributed by atoms with Gasteiger partial charge in [0.05, 0.1) is 11.0 Å². The third kappa shape index (κ3) is 5.51. The van der Waals surface area contributed by atoms with Gasteiger partial charge in [-0.1, -0.05) is 13.8 Å². The number of carbonyl (C=O) groups is 2. The molecule has 2 amide bonds. The van der Waals surface area contributed by atoms with Gasteiger partial charge >= 0.3 is 12.3 Å². The maximum Gasteiger partial charge on any atom is 0.416 e. The third-order valence-corrected chi connectivity index (χ3v) is 7.51. The highest BCUT2D eigenvalue weighted by atomic mass is 19.4. The van der Waals surface area contributed by atoms with E-state index in [0.717, 1.165) is 12.1 Å². The van der Waals surface area contributed by atoms with Gasteiger partial charge in [0.2, 0.25) is 5.91 Å². The number of anilines is 1. The SMILES string of the molecule is Cc1cc(C(F)(F)F)cc(N2CCN(C(=O)[C@@]3(C(C)C)CC[C@@H](N(C(=O)O)C(C)(C)C)C3)CC2)n1. The van der Waals surface area contributed by atoms with Gasteiger partial charge in [-0.15, -0.1) is 0 Å². The number of alkyl halides is 3. The van der Waals surface area contributed by atoms with Crippen molar-refractivity contribution >= 4 is 17.8 Å². The molecule has 35 heavy (non-hydrogen) atoms. The van der Waals surface area contributed by atoms with Crippen molar-refractivity contribution in [3.05, 3.63) is 23.4 Å². The van der Waals surface area contributed by atoms with E-state index in [4.69, 9.17) is 0 Å². The number of aromatic nitrogens is 1. The first-order chi connectivity index (χ1) is 16.1. The van der Waals surface area contributed by atoms with Crippen LogP contribution in [-0.4, -0.2) is 69.7 Å². The van der Waals surface area contributed by atoms with Gasteiger partial charge in [-0.05, 0) is 65.0 Å². The molecule has 1 N–H and O–H groups in total. The van der Waals surface area contributed by atoms with Crippen LogP contribution in [0.15, 0.2) is 12.1 Å². The maximum atomic E-state index is 13.8. The summed E-state index contributed by atoms with van der Waals surface area (Å²) in [7, 11) is 0. The molecule has 0 unspecified atom stereocenters. The summed E-state index contributed by atoms with van der Waals surface area (Å²) in [4.78, 5) is 35.2. The Morgan fingerprint density at radius 1 is 1.14 bits per heavy atom. The van der Waals surface area contributed by atoms with Crippen LogP contribution in [0, 0.1) is 18.3 Å². The lowest BCUT2D eigenvalue weighted by Crippen LogP contribution is -2.55. The Morgan fingerprint density at radius 3 is 2.23 bits per heavy atom. The Hall–Kier alpha value is -2.52. The van der Waals surface area contributed by atoms with E-state index >= 15 is 0 Å². The minimum Gasteiger partial charge on any atom is -0.465 e. The fourth-order valence-electron chi connectivity index (χ4n) is 5.66. The Kier molecular flexibility index (Phi) is 7.35. The number of halogens is 3. The van der Waals surface area contributed by atoms with Crippen LogP contribution in [0.5, 0.6) is 0 Å². The van der Waals surface area contributed by atoms with Gasteiger partial charge in [0.25, 0.3) is 0 Å². The van der Waals surface area contributed by atoms with E-state index in [1.807, 2.05) is 34.6 Å². The molecule has 2 aliphatic rings. The highest BCUT2D eigenvalue weighted by Crippen LogP contribution is 2.48. The first-order valence-electron chi connectivity index (χ1n) is 12.2. The normalized spacial score (nSPS) is 23.7. The molecule has 1 saturated heterocycles. The molecule has 10 heteroatoms. The number of hydrogen-bond donors (Lipinski definition) is 1. The van der Waals surface area contributed by atoms with Gasteiger partial charge < -0.3 is 19.8 Å². The molecule has 1 aliphatic heterocycles. The number of aryl methyl sites for hydroxylation is 1. The molecule has 1 aromatic rings. The molecular weight excluding hydrogens is 461 g/mol. The largest absolute Gasteiger partial charge is 0.465 e. The second-order valence-corrected chi connectivity index (χ2v) is 11.2. The van der Waals surface area contributed by atoms with Crippen LogP contribution in [0.1, 0.15) is 65.1 Å². The lowest BCUT2D eigenvalue weighted by Gasteiger charge is -2.43. The molecule has 1 saturated carbocycles. The fourth-order valence-corrected chi connectivity index (χ4v) is 5.66. The summed E-state index contributed by atoms with van der Waals surface area (Å²) in [5, 5.41) is 9.84. The number of nitrogens with zero attached hydrogens (tertiary/aromatic N) is 4. The summed E-state index contributed by atoms with van der Waals surface area (Å²) in [5.74, 6) is 0.315. The molecule has 0 bridgehead atoms. The highest BCUT2D eigenvalue weighted by molar-refractivity contribution is 5.84. The molecule has 0 aromatic carbocycles. The third-order valence-electron chi connectivity index (χ3n) is 7.51. The minimum absolute atomic E-state index is 0.0158. The Balaban J connectivity index is 1.75. The molecule has 2 heterocycles. The van der Waals surface area contributed by atoms with Gasteiger partial charge in [0.15, 0.2) is 0 Å². The van der Waals surface area contributed by atoms with Crippen LogP contribution in [0.4, 0.5) is 23.8 Å². The van der Waals surface area contributed by atoms with E-state index in [0.29, 0.717) is 51.1 Å². The van der Waals surface area contributed by atoms with Gasteiger partial charge in [-0.3, -0.25) is 4.79 Å². The van der Waals surface area contributed by atoms with Crippen LogP contribution in [0.2, 0.25) is 0 Å². The highest BCUT2D eigenvalue weighted by Gasteiger charge is 2.52. The van der Waals surface area contributed by atoms with Crippen molar-refractivity contribution in [1.82, 2.24) is 14.8 Å². The average Bonchev–Trinajstić information content (AvgIpc) is 3.17. The molecule has 3 rings (SSSR count). The van der Waals surface area contributed by atoms with Gasteiger partial charge in [0.1, 0.15) is 5.82 Å². The lowest BCUT2D eigenvalue weighted by molar-refractivity contribution is -0.145. The van der Waals surface area contributed by atoms with Gasteiger partial charge in [-0.2, -0.15) is 13.2 Å². The first-order valence-corrected chi connectivity index (χ1v) is 12.2. The molecule has 0 radical (unpaired) electrons. The van der Waals surface area contributed by atoms with Crippen molar-refractivity contribution in [2.24, 2.45) is 11.3 Å². The summed E-state index contributed by atoms with van der Waals surface area (Å²) in [5.41, 5.74) is -1.66. The first kappa shape index (κ1) is 27.1. The summed E-state index contributed by atoms with van der Waals surface area (Å²) >= 11 is 0. The number of hydrogen-bond acceptors (Lipinski definition) is 4. The minimum atomic E-state index is -4.44. The van der Waals surface area contributed by atoms with Crippen molar-refractivity contribution in [3.8, 4) is 0 Å². The zero-order valence-corrected chi connectivity index (χ0v) is 21.4. The average molecular weight is 499 g/mol. The van der Waals surface area contributed by atoms with Crippen LogP contribution in [0.3, 0.4) is 0 Å². The van der Waals surface area contributed by atoms with E-state index < -0.39 is 28.8 Å². The molecule has 7 nitrogen and oxygen atoms in total. The van der Waals surface area contributed by atoms with E-state index in [2.05, 4.69) is 4.98 Å². The summed E-state index contributed by atoms with van der Waals surface area (Å²) in [6.07, 6.45) is -3.71. The predicted octanol–water partition coefficient (Wildman–Crippen LogP) is 5.03. The quantitative estimate of drug-likeness (QED) is 0.630. The number of piperazine rings is 1. The molecule has 1 aromatic heterocycles. The van der Waals surface area contributed by atoms with Crippen molar-refractivity contribution in [2.45, 2.75) is 78.6 Å². The zero-order chi connectivity index (χ0) is 26.3. The molecular formula is C25H37F3N4O3. The van der Waals surface area contributed by atoms with E-state index in [1.165, 1.54) is 4.90 Å². The van der Waals surface area contributed by atoms with Crippen LogP contribution >= 0.6 is 0 Å². The number of carboxylic acid groups (broad SMARTS) is 1. The van der Waals surface area contributed by atoms with Gasteiger partial charge in [-0.25, -0.2) is 9.78 Å². The van der Waals surface area contributed by atoms with Crippen LogP contribution < -0.4 is 4.90 Å². The number of amides is 2. The van der Waals surface area contributed by atoms with E-state index in [9.17, 15) is 27.9 Å². The molecule has 2 fully saturated rings. The number of rotatable bonds is 4. The second kappa shape index (κ2) is 9.50. The van der Waals surface area contributed by atoms with E-state index in [1.54, 1.807) is 16.7 Å². The summed E-state index contributed by atoms with van der Waals surface area (Å²) in [6, 6.07) is 1.86. The van der Waals surface area contributed by atoms with E-state index in [-0.39, 0.29) is 23.7 Å². The Labute approximate surface area is 205 Å². The monoisotopic (exact) mass is 498 g/mol. The number of pyridine rings is 1. The molecule has 2 atom stereocenters.